The van der Waals surface area contributed by atoms with E-state index in [0.29, 0.717) is 5.57 Å². The first-order valence-corrected chi connectivity index (χ1v) is 5.21. The van der Waals surface area contributed by atoms with Crippen molar-refractivity contribution in [2.45, 2.75) is 0 Å². The lowest BCUT2D eigenvalue weighted by atomic mass is 10.1. The molecule has 0 amide bonds. The highest BCUT2D eigenvalue weighted by Gasteiger charge is 2.17. The van der Waals surface area contributed by atoms with Crippen molar-refractivity contribution in [1.29, 1.82) is 0 Å². The minimum absolute atomic E-state index is 0.265. The Morgan fingerprint density at radius 1 is 1.53 bits per heavy atom. The van der Waals surface area contributed by atoms with Crippen LogP contribution in [0.4, 0.5) is 0 Å². The van der Waals surface area contributed by atoms with E-state index in [0.717, 1.165) is 15.8 Å². The number of rotatable bonds is 1. The molecule has 15 heavy (non-hydrogen) atoms. The van der Waals surface area contributed by atoms with Crippen molar-refractivity contribution >= 4 is 28.0 Å². The summed E-state index contributed by atoms with van der Waals surface area (Å²) in [6.45, 7) is 0.265. The summed E-state index contributed by atoms with van der Waals surface area (Å²) in [5.74, 6) is 0.437. The van der Waals surface area contributed by atoms with Gasteiger partial charge in [-0.2, -0.15) is 0 Å². The van der Waals surface area contributed by atoms with Gasteiger partial charge in [-0.15, -0.1) is 0 Å². The highest BCUT2D eigenvalue weighted by atomic mass is 79.9. The molecule has 0 radical (unpaired) electrons. The van der Waals surface area contributed by atoms with Crippen LogP contribution < -0.4 is 4.74 Å². The number of halogens is 1. The monoisotopic (exact) mass is 268 g/mol. The molecule has 0 saturated carbocycles. The third-order valence-corrected chi connectivity index (χ3v) is 2.63. The molecule has 0 spiro atoms. The average molecular weight is 269 g/mol. The Morgan fingerprint density at radius 2 is 2.33 bits per heavy atom. The van der Waals surface area contributed by atoms with E-state index in [2.05, 4.69) is 20.7 Å². The minimum atomic E-state index is -0.347. The normalized spacial score (nSPS) is 13.6. The van der Waals surface area contributed by atoms with E-state index >= 15 is 0 Å². The van der Waals surface area contributed by atoms with Crippen molar-refractivity contribution in [3.63, 3.8) is 0 Å². The van der Waals surface area contributed by atoms with Crippen molar-refractivity contribution in [3.05, 3.63) is 33.8 Å². The van der Waals surface area contributed by atoms with Crippen LogP contribution in [0.15, 0.2) is 28.2 Å². The summed E-state index contributed by atoms with van der Waals surface area (Å²) in [5.41, 5.74) is 1.42. The van der Waals surface area contributed by atoms with E-state index < -0.39 is 0 Å². The van der Waals surface area contributed by atoms with Gasteiger partial charge in [0.15, 0.2) is 0 Å². The molecule has 2 rings (SSSR count). The zero-order chi connectivity index (χ0) is 10.8. The maximum absolute atomic E-state index is 11.3. The first-order valence-electron chi connectivity index (χ1n) is 4.42. The van der Waals surface area contributed by atoms with E-state index in [1.165, 1.54) is 7.11 Å². The summed E-state index contributed by atoms with van der Waals surface area (Å²) in [5, 5.41) is 0. The van der Waals surface area contributed by atoms with Crippen molar-refractivity contribution < 1.29 is 14.3 Å². The molecule has 1 aliphatic rings. The lowest BCUT2D eigenvalue weighted by Gasteiger charge is -2.16. The fraction of sp³-hybridized carbons (Fsp3) is 0.182. The fourth-order valence-corrected chi connectivity index (χ4v) is 1.78. The number of methoxy groups -OCH3 is 1. The van der Waals surface area contributed by atoms with E-state index in [1.54, 1.807) is 6.08 Å². The van der Waals surface area contributed by atoms with E-state index in [9.17, 15) is 4.79 Å². The Bertz CT molecular complexity index is 437. The summed E-state index contributed by atoms with van der Waals surface area (Å²) in [6, 6.07) is 5.66. The second-order valence-electron chi connectivity index (χ2n) is 3.13. The first-order chi connectivity index (χ1) is 7.20. The quantitative estimate of drug-likeness (QED) is 0.734. The van der Waals surface area contributed by atoms with Gasteiger partial charge in [0.2, 0.25) is 0 Å². The molecule has 0 aliphatic carbocycles. The molecule has 78 valence electrons. The van der Waals surface area contributed by atoms with Gasteiger partial charge in [0, 0.05) is 10.0 Å². The molecule has 0 unspecified atom stereocenters. The molecule has 0 N–H and O–H groups in total. The van der Waals surface area contributed by atoms with Gasteiger partial charge in [0.25, 0.3) is 0 Å². The van der Waals surface area contributed by atoms with Gasteiger partial charge in [0.05, 0.1) is 12.7 Å². The second kappa shape index (κ2) is 4.06. The molecule has 0 fully saturated rings. The summed E-state index contributed by atoms with van der Waals surface area (Å²) in [7, 11) is 1.36. The third-order valence-electron chi connectivity index (χ3n) is 2.13. The van der Waals surface area contributed by atoms with Crippen molar-refractivity contribution in [2.75, 3.05) is 13.7 Å². The van der Waals surface area contributed by atoms with Crippen molar-refractivity contribution in [1.82, 2.24) is 0 Å². The van der Waals surface area contributed by atoms with Gasteiger partial charge in [-0.1, -0.05) is 15.9 Å². The maximum atomic E-state index is 11.3. The number of ether oxygens (including phenoxy) is 2. The molecule has 0 bridgehead atoms. The standard InChI is InChI=1S/C11H9BrO3/c1-14-11(13)8-4-7-5-9(12)2-3-10(7)15-6-8/h2-5H,6H2,1H3. The number of fused-ring (bicyclic) bond motifs is 1. The van der Waals surface area contributed by atoms with Gasteiger partial charge < -0.3 is 9.47 Å². The van der Waals surface area contributed by atoms with Crippen LogP contribution in [-0.4, -0.2) is 19.7 Å². The lowest BCUT2D eigenvalue weighted by molar-refractivity contribution is -0.136. The zero-order valence-electron chi connectivity index (χ0n) is 8.12. The number of benzene rings is 1. The molecule has 1 heterocycles. The summed E-state index contributed by atoms with van der Waals surface area (Å²) in [4.78, 5) is 11.3. The number of esters is 1. The van der Waals surface area contributed by atoms with Crippen LogP contribution in [0.1, 0.15) is 5.56 Å². The topological polar surface area (TPSA) is 35.5 Å². The Kier molecular flexibility index (Phi) is 2.77. The predicted octanol–water partition coefficient (Wildman–Crippen LogP) is 2.40. The van der Waals surface area contributed by atoms with Crippen molar-refractivity contribution in [3.8, 4) is 5.75 Å². The fourth-order valence-electron chi connectivity index (χ4n) is 1.40. The van der Waals surface area contributed by atoms with Crippen LogP contribution >= 0.6 is 15.9 Å². The molecule has 1 aromatic rings. The Morgan fingerprint density at radius 3 is 3.07 bits per heavy atom. The average Bonchev–Trinajstić information content (AvgIpc) is 2.27. The number of carbonyl (C=O) groups excluding carboxylic acids is 1. The van der Waals surface area contributed by atoms with Gasteiger partial charge in [0.1, 0.15) is 12.4 Å². The first kappa shape index (κ1) is 10.2. The Hall–Kier alpha value is -1.29. The van der Waals surface area contributed by atoms with E-state index in [1.807, 2.05) is 18.2 Å². The van der Waals surface area contributed by atoms with Gasteiger partial charge in [-0.05, 0) is 24.3 Å². The molecular formula is C11H9BrO3. The van der Waals surface area contributed by atoms with Gasteiger partial charge in [-0.25, -0.2) is 4.79 Å². The SMILES string of the molecule is COC(=O)C1=Cc2cc(Br)ccc2OC1. The molecular weight excluding hydrogens is 260 g/mol. The predicted molar refractivity (Wildman–Crippen MR) is 59.6 cm³/mol. The summed E-state index contributed by atoms with van der Waals surface area (Å²) in [6.07, 6.45) is 1.79. The van der Waals surface area contributed by atoms with Crippen LogP contribution in [-0.2, 0) is 9.53 Å². The number of carbonyl (C=O) groups is 1. The van der Waals surface area contributed by atoms with Gasteiger partial charge >= 0.3 is 5.97 Å². The molecule has 0 saturated heterocycles. The molecule has 1 aliphatic heterocycles. The number of hydrogen-bond donors (Lipinski definition) is 0. The van der Waals surface area contributed by atoms with Crippen LogP contribution in [0, 0.1) is 0 Å². The van der Waals surface area contributed by atoms with Crippen LogP contribution in [0.5, 0.6) is 5.75 Å². The van der Waals surface area contributed by atoms with Crippen LogP contribution in [0.3, 0.4) is 0 Å². The maximum Gasteiger partial charge on any atom is 0.337 e. The largest absolute Gasteiger partial charge is 0.488 e. The minimum Gasteiger partial charge on any atom is -0.488 e. The third kappa shape index (κ3) is 2.04. The van der Waals surface area contributed by atoms with Gasteiger partial charge in [-0.3, -0.25) is 0 Å². The Balaban J connectivity index is 2.39. The Labute approximate surface area is 95.8 Å². The molecule has 4 heteroatoms. The lowest BCUT2D eigenvalue weighted by Crippen LogP contribution is -2.15. The second-order valence-corrected chi connectivity index (χ2v) is 4.05. The van der Waals surface area contributed by atoms with Crippen LogP contribution in [0.25, 0.3) is 6.08 Å². The smallest absolute Gasteiger partial charge is 0.337 e. The molecule has 3 nitrogen and oxygen atoms in total. The molecule has 0 atom stereocenters. The molecule has 1 aromatic carbocycles. The van der Waals surface area contributed by atoms with Crippen LogP contribution in [0.2, 0.25) is 0 Å². The van der Waals surface area contributed by atoms with E-state index in [-0.39, 0.29) is 12.6 Å². The highest BCUT2D eigenvalue weighted by molar-refractivity contribution is 9.10. The van der Waals surface area contributed by atoms with Crippen molar-refractivity contribution in [2.24, 2.45) is 0 Å². The number of hydrogen-bond acceptors (Lipinski definition) is 3. The highest BCUT2D eigenvalue weighted by Crippen LogP contribution is 2.29. The summed E-state index contributed by atoms with van der Waals surface area (Å²) >= 11 is 3.36. The van der Waals surface area contributed by atoms with E-state index in [4.69, 9.17) is 4.74 Å². The zero-order valence-corrected chi connectivity index (χ0v) is 9.71. The molecule has 0 aromatic heterocycles. The summed E-state index contributed by atoms with van der Waals surface area (Å²) < 4.78 is 11.0.